The Hall–Kier alpha value is -2.53. The number of carbonyl (C=O) groups excluding carboxylic acids is 2. The van der Waals surface area contributed by atoms with Crippen LogP contribution in [0.15, 0.2) is 42.5 Å². The highest BCUT2D eigenvalue weighted by Crippen LogP contribution is 2.23. The van der Waals surface area contributed by atoms with Crippen LogP contribution < -0.4 is 15.0 Å². The number of carbonyl (C=O) groups is 2. The SMILES string of the molecule is COc1ccc(CC(=O)NCCN(C(C)=O)c2ccc(C)c(Cl)c2)cc1. The third-order valence-corrected chi connectivity index (χ3v) is 4.44. The van der Waals surface area contributed by atoms with E-state index in [4.69, 9.17) is 16.3 Å². The molecule has 2 rings (SSSR count). The van der Waals surface area contributed by atoms with E-state index < -0.39 is 0 Å². The molecule has 0 atom stereocenters. The number of hydrogen-bond acceptors (Lipinski definition) is 3. The van der Waals surface area contributed by atoms with Gasteiger partial charge in [0, 0.05) is 30.7 Å². The van der Waals surface area contributed by atoms with Crippen LogP contribution in [0.2, 0.25) is 5.02 Å². The summed E-state index contributed by atoms with van der Waals surface area (Å²) < 4.78 is 5.10. The molecule has 2 amide bonds. The number of hydrogen-bond donors (Lipinski definition) is 1. The summed E-state index contributed by atoms with van der Waals surface area (Å²) in [5.74, 6) is 0.554. The van der Waals surface area contributed by atoms with Gasteiger partial charge in [0.05, 0.1) is 13.5 Å². The molecule has 0 bridgehead atoms. The molecule has 0 unspecified atom stereocenters. The Morgan fingerprint density at radius 1 is 1.15 bits per heavy atom. The molecule has 1 N–H and O–H groups in total. The molecular formula is C20H23ClN2O3. The quantitative estimate of drug-likeness (QED) is 0.808. The lowest BCUT2D eigenvalue weighted by molar-refractivity contribution is -0.121. The van der Waals surface area contributed by atoms with Gasteiger partial charge in [-0.1, -0.05) is 29.8 Å². The van der Waals surface area contributed by atoms with Gasteiger partial charge < -0.3 is 15.0 Å². The molecule has 138 valence electrons. The molecule has 0 aromatic heterocycles. The van der Waals surface area contributed by atoms with Crippen molar-refractivity contribution in [2.45, 2.75) is 20.3 Å². The van der Waals surface area contributed by atoms with Crippen LogP contribution in [-0.2, 0) is 16.0 Å². The first kappa shape index (κ1) is 19.8. The Kier molecular flexibility index (Phi) is 7.04. The van der Waals surface area contributed by atoms with Crippen molar-refractivity contribution < 1.29 is 14.3 Å². The smallest absolute Gasteiger partial charge is 0.224 e. The summed E-state index contributed by atoms with van der Waals surface area (Å²) in [7, 11) is 1.60. The van der Waals surface area contributed by atoms with E-state index in [9.17, 15) is 9.59 Å². The van der Waals surface area contributed by atoms with Crippen LogP contribution in [0.4, 0.5) is 5.69 Å². The third kappa shape index (κ3) is 5.49. The van der Waals surface area contributed by atoms with Gasteiger partial charge in [0.25, 0.3) is 0 Å². The van der Waals surface area contributed by atoms with Crippen molar-refractivity contribution in [1.82, 2.24) is 5.32 Å². The van der Waals surface area contributed by atoms with E-state index in [1.165, 1.54) is 6.92 Å². The standard InChI is InChI=1S/C20H23ClN2O3/c1-14-4-7-17(13-19(14)21)23(15(2)24)11-10-22-20(25)12-16-5-8-18(26-3)9-6-16/h4-9,13H,10-12H2,1-3H3,(H,22,25). The van der Waals surface area contributed by atoms with Crippen LogP contribution in [0.5, 0.6) is 5.75 Å². The van der Waals surface area contributed by atoms with E-state index in [2.05, 4.69) is 5.32 Å². The second kappa shape index (κ2) is 9.25. The molecule has 0 aliphatic rings. The molecule has 0 aliphatic heterocycles. The second-order valence-corrected chi connectivity index (χ2v) is 6.39. The van der Waals surface area contributed by atoms with Gasteiger partial charge in [0.1, 0.15) is 5.75 Å². The van der Waals surface area contributed by atoms with Crippen molar-refractivity contribution in [2.75, 3.05) is 25.1 Å². The van der Waals surface area contributed by atoms with Crippen molar-refractivity contribution in [1.29, 1.82) is 0 Å². The van der Waals surface area contributed by atoms with E-state index in [0.29, 0.717) is 18.1 Å². The molecule has 5 nitrogen and oxygen atoms in total. The first-order chi connectivity index (χ1) is 12.4. The number of anilines is 1. The van der Waals surface area contributed by atoms with E-state index >= 15 is 0 Å². The maximum atomic E-state index is 12.1. The third-order valence-electron chi connectivity index (χ3n) is 4.03. The monoisotopic (exact) mass is 374 g/mol. The Balaban J connectivity index is 1.89. The van der Waals surface area contributed by atoms with E-state index in [1.807, 2.05) is 43.3 Å². The van der Waals surface area contributed by atoms with Gasteiger partial charge in [0.15, 0.2) is 0 Å². The zero-order valence-corrected chi connectivity index (χ0v) is 16.0. The molecule has 0 saturated heterocycles. The van der Waals surface area contributed by atoms with Gasteiger partial charge in [-0.25, -0.2) is 0 Å². The molecule has 0 fully saturated rings. The predicted octanol–water partition coefficient (Wildman–Crippen LogP) is 3.37. The number of methoxy groups -OCH3 is 1. The minimum Gasteiger partial charge on any atom is -0.497 e. The molecule has 6 heteroatoms. The first-order valence-electron chi connectivity index (χ1n) is 8.34. The Morgan fingerprint density at radius 3 is 2.42 bits per heavy atom. The van der Waals surface area contributed by atoms with Crippen LogP contribution >= 0.6 is 11.6 Å². The summed E-state index contributed by atoms with van der Waals surface area (Å²) in [5, 5.41) is 3.45. The molecular weight excluding hydrogens is 352 g/mol. The number of ether oxygens (including phenoxy) is 1. The van der Waals surface area contributed by atoms with E-state index in [0.717, 1.165) is 22.6 Å². The molecule has 2 aromatic carbocycles. The van der Waals surface area contributed by atoms with Crippen molar-refractivity contribution in [3.8, 4) is 5.75 Å². The Labute approximate surface area is 158 Å². The highest BCUT2D eigenvalue weighted by Gasteiger charge is 2.13. The first-order valence-corrected chi connectivity index (χ1v) is 8.72. The van der Waals surface area contributed by atoms with Crippen molar-refractivity contribution in [3.05, 3.63) is 58.6 Å². The number of amides is 2. The molecule has 0 aliphatic carbocycles. The van der Waals surface area contributed by atoms with Gasteiger partial charge in [-0.05, 0) is 42.3 Å². The number of halogens is 1. The predicted molar refractivity (Wildman–Crippen MR) is 104 cm³/mol. The maximum Gasteiger partial charge on any atom is 0.224 e. The average Bonchev–Trinajstić information content (AvgIpc) is 2.61. The summed E-state index contributed by atoms with van der Waals surface area (Å²) in [6.07, 6.45) is 0.278. The van der Waals surface area contributed by atoms with E-state index in [1.54, 1.807) is 18.1 Å². The van der Waals surface area contributed by atoms with Gasteiger partial charge in [-0.3, -0.25) is 9.59 Å². The number of nitrogens with zero attached hydrogens (tertiary/aromatic N) is 1. The lowest BCUT2D eigenvalue weighted by Crippen LogP contribution is -2.38. The number of aryl methyl sites for hydroxylation is 1. The fourth-order valence-corrected chi connectivity index (χ4v) is 2.69. The topological polar surface area (TPSA) is 58.6 Å². The van der Waals surface area contributed by atoms with Crippen LogP contribution in [0.3, 0.4) is 0 Å². The average molecular weight is 375 g/mol. The zero-order chi connectivity index (χ0) is 19.1. The molecule has 2 aromatic rings. The Morgan fingerprint density at radius 2 is 1.85 bits per heavy atom. The van der Waals surface area contributed by atoms with Crippen molar-refractivity contribution in [2.24, 2.45) is 0 Å². The summed E-state index contributed by atoms with van der Waals surface area (Å²) in [6, 6.07) is 12.8. The van der Waals surface area contributed by atoms with Crippen molar-refractivity contribution >= 4 is 29.1 Å². The highest BCUT2D eigenvalue weighted by molar-refractivity contribution is 6.31. The lowest BCUT2D eigenvalue weighted by Gasteiger charge is -2.22. The number of nitrogens with one attached hydrogen (secondary N) is 1. The molecule has 26 heavy (non-hydrogen) atoms. The minimum absolute atomic E-state index is 0.0967. The number of rotatable bonds is 7. The van der Waals surface area contributed by atoms with Gasteiger partial charge in [-0.15, -0.1) is 0 Å². The lowest BCUT2D eigenvalue weighted by atomic mass is 10.1. The minimum atomic E-state index is -0.102. The molecule has 0 radical (unpaired) electrons. The van der Waals surface area contributed by atoms with Crippen LogP contribution in [-0.4, -0.2) is 32.0 Å². The van der Waals surface area contributed by atoms with Gasteiger partial charge in [0.2, 0.25) is 11.8 Å². The van der Waals surface area contributed by atoms with Crippen LogP contribution in [0.25, 0.3) is 0 Å². The second-order valence-electron chi connectivity index (χ2n) is 5.98. The Bertz CT molecular complexity index is 775. The normalized spacial score (nSPS) is 10.3. The molecule has 0 heterocycles. The number of benzene rings is 2. The van der Waals surface area contributed by atoms with Gasteiger partial charge in [-0.2, -0.15) is 0 Å². The molecule has 0 spiro atoms. The highest BCUT2D eigenvalue weighted by atomic mass is 35.5. The summed E-state index contributed by atoms with van der Waals surface area (Å²) >= 11 is 6.14. The fraction of sp³-hybridized carbons (Fsp3) is 0.300. The zero-order valence-electron chi connectivity index (χ0n) is 15.2. The fourth-order valence-electron chi connectivity index (χ4n) is 2.52. The van der Waals surface area contributed by atoms with Crippen molar-refractivity contribution in [3.63, 3.8) is 0 Å². The summed E-state index contributed by atoms with van der Waals surface area (Å²) in [5.41, 5.74) is 2.57. The largest absolute Gasteiger partial charge is 0.497 e. The van der Waals surface area contributed by atoms with Crippen LogP contribution in [0.1, 0.15) is 18.1 Å². The molecule has 0 saturated carbocycles. The maximum absolute atomic E-state index is 12.1. The van der Waals surface area contributed by atoms with Crippen LogP contribution in [0, 0.1) is 6.92 Å². The summed E-state index contributed by atoms with van der Waals surface area (Å²) in [6.45, 7) is 4.14. The van der Waals surface area contributed by atoms with E-state index in [-0.39, 0.29) is 18.2 Å². The van der Waals surface area contributed by atoms with Gasteiger partial charge >= 0.3 is 0 Å². The summed E-state index contributed by atoms with van der Waals surface area (Å²) in [4.78, 5) is 25.6.